The first-order valence-electron chi connectivity index (χ1n) is 12.6. The maximum absolute atomic E-state index is 13.3. The molecule has 188 valence electrons. The molecule has 6 rings (SSSR count). The number of aromatic nitrogens is 3. The van der Waals surface area contributed by atoms with Crippen LogP contribution in [0.4, 0.5) is 5.95 Å². The van der Waals surface area contributed by atoms with E-state index in [0.717, 1.165) is 22.4 Å². The van der Waals surface area contributed by atoms with Gasteiger partial charge in [-0.15, -0.1) is 0 Å². The molecule has 0 amide bonds. The van der Waals surface area contributed by atoms with Crippen LogP contribution in [-0.2, 0) is 16.1 Å². The molecule has 2 heterocycles. The van der Waals surface area contributed by atoms with Gasteiger partial charge in [0.25, 0.3) is 0 Å². The van der Waals surface area contributed by atoms with E-state index in [1.165, 1.54) is 17.1 Å². The Bertz CT molecular complexity index is 1620. The monoisotopic (exact) mass is 502 g/mol. The van der Waals surface area contributed by atoms with Crippen LogP contribution in [0.3, 0.4) is 0 Å². The van der Waals surface area contributed by atoms with E-state index in [0.29, 0.717) is 23.8 Å². The predicted octanol–water partition coefficient (Wildman–Crippen LogP) is 6.00. The van der Waals surface area contributed by atoms with Crippen LogP contribution in [0, 0.1) is 0 Å². The lowest BCUT2D eigenvalue weighted by molar-refractivity contribution is -0.138. The van der Waals surface area contributed by atoms with Gasteiger partial charge < -0.3 is 14.8 Å². The van der Waals surface area contributed by atoms with Gasteiger partial charge in [0.15, 0.2) is 0 Å². The number of rotatable bonds is 7. The minimum atomic E-state index is -0.518. The zero-order valence-electron chi connectivity index (χ0n) is 20.9. The molecule has 0 radical (unpaired) electrons. The molecule has 1 atom stereocenters. The third kappa shape index (κ3) is 4.39. The Hall–Kier alpha value is -4.91. The normalized spacial score (nSPS) is 14.6. The zero-order chi connectivity index (χ0) is 25.9. The van der Waals surface area contributed by atoms with Gasteiger partial charge in [-0.25, -0.2) is 9.48 Å². The summed E-state index contributed by atoms with van der Waals surface area (Å²) in [4.78, 5) is 17.7. The van der Waals surface area contributed by atoms with E-state index in [1.54, 1.807) is 11.6 Å². The van der Waals surface area contributed by atoms with Crippen molar-refractivity contribution in [1.29, 1.82) is 0 Å². The van der Waals surface area contributed by atoms with Crippen molar-refractivity contribution < 1.29 is 14.3 Å². The number of anilines is 1. The summed E-state index contributed by atoms with van der Waals surface area (Å²) in [5.74, 6) is 0.888. The highest BCUT2D eigenvalue weighted by Crippen LogP contribution is 2.39. The SMILES string of the molecule is CCOC(=O)C1=C(c2ccccc2)Nc2ncnn2[C@H]1c1ccc(OCc2cccc3ccccc23)cc1. The van der Waals surface area contributed by atoms with Gasteiger partial charge in [-0.05, 0) is 46.5 Å². The van der Waals surface area contributed by atoms with E-state index >= 15 is 0 Å². The van der Waals surface area contributed by atoms with Gasteiger partial charge in [0.05, 0.1) is 17.9 Å². The van der Waals surface area contributed by atoms with Crippen molar-refractivity contribution in [1.82, 2.24) is 14.8 Å². The number of esters is 1. The average Bonchev–Trinajstić information content (AvgIpc) is 3.44. The van der Waals surface area contributed by atoms with Crippen molar-refractivity contribution in [2.75, 3.05) is 11.9 Å². The van der Waals surface area contributed by atoms with E-state index in [1.807, 2.05) is 72.8 Å². The molecule has 0 fully saturated rings. The fraction of sp³-hybridized carbons (Fsp3) is 0.129. The van der Waals surface area contributed by atoms with Crippen LogP contribution in [-0.4, -0.2) is 27.3 Å². The van der Waals surface area contributed by atoms with Gasteiger partial charge in [0, 0.05) is 0 Å². The minimum absolute atomic E-state index is 0.266. The van der Waals surface area contributed by atoms with Crippen LogP contribution in [0.25, 0.3) is 16.5 Å². The van der Waals surface area contributed by atoms with Crippen LogP contribution in [0.2, 0.25) is 0 Å². The van der Waals surface area contributed by atoms with Gasteiger partial charge in [-0.1, -0.05) is 84.9 Å². The Balaban J connectivity index is 1.34. The molecule has 38 heavy (non-hydrogen) atoms. The second-order valence-corrected chi connectivity index (χ2v) is 8.93. The first-order chi connectivity index (χ1) is 18.7. The Labute approximate surface area is 220 Å². The second kappa shape index (κ2) is 10.2. The Morgan fingerprint density at radius 3 is 2.50 bits per heavy atom. The highest BCUT2D eigenvalue weighted by Gasteiger charge is 2.36. The molecule has 0 saturated carbocycles. The zero-order valence-corrected chi connectivity index (χ0v) is 20.9. The summed E-state index contributed by atoms with van der Waals surface area (Å²) in [6, 6.07) is 31.5. The number of carbonyl (C=O) groups excluding carboxylic acids is 1. The summed E-state index contributed by atoms with van der Waals surface area (Å²) >= 11 is 0. The van der Waals surface area contributed by atoms with Gasteiger partial charge in [0.1, 0.15) is 24.7 Å². The Morgan fingerprint density at radius 2 is 1.68 bits per heavy atom. The lowest BCUT2D eigenvalue weighted by Crippen LogP contribution is -2.30. The average molecular weight is 503 g/mol. The van der Waals surface area contributed by atoms with Crippen molar-refractivity contribution in [2.45, 2.75) is 19.6 Å². The quantitative estimate of drug-likeness (QED) is 0.275. The molecule has 1 aliphatic heterocycles. The highest BCUT2D eigenvalue weighted by atomic mass is 16.5. The van der Waals surface area contributed by atoms with Crippen molar-refractivity contribution in [3.05, 3.63) is 126 Å². The van der Waals surface area contributed by atoms with Crippen molar-refractivity contribution in [3.63, 3.8) is 0 Å². The van der Waals surface area contributed by atoms with Crippen LogP contribution in [0.5, 0.6) is 5.75 Å². The topological polar surface area (TPSA) is 78.3 Å². The van der Waals surface area contributed by atoms with E-state index < -0.39 is 12.0 Å². The fourth-order valence-corrected chi connectivity index (χ4v) is 4.86. The molecule has 1 aliphatic rings. The molecule has 1 aromatic heterocycles. The molecular weight excluding hydrogens is 476 g/mol. The summed E-state index contributed by atoms with van der Waals surface area (Å²) in [7, 11) is 0. The van der Waals surface area contributed by atoms with E-state index in [9.17, 15) is 4.79 Å². The highest BCUT2D eigenvalue weighted by molar-refractivity contribution is 6.02. The summed E-state index contributed by atoms with van der Waals surface area (Å²) in [5.41, 5.74) is 3.99. The van der Waals surface area contributed by atoms with Gasteiger partial charge in [-0.2, -0.15) is 10.1 Å². The Kier molecular flexibility index (Phi) is 6.32. The third-order valence-electron chi connectivity index (χ3n) is 6.63. The van der Waals surface area contributed by atoms with Crippen molar-refractivity contribution in [3.8, 4) is 5.75 Å². The standard InChI is InChI=1S/C31H26N4O3/c1-2-37-30(36)27-28(22-10-4-3-5-11-22)34-31-32-20-33-35(31)29(27)23-15-17-25(18-16-23)38-19-24-13-8-12-21-9-6-7-14-26(21)24/h3-18,20,29H,2,19H2,1H3,(H,32,33,34)/t29-/m0/s1. The number of nitrogens with zero attached hydrogens (tertiary/aromatic N) is 3. The molecular formula is C31H26N4O3. The van der Waals surface area contributed by atoms with Crippen molar-refractivity contribution >= 4 is 28.4 Å². The maximum atomic E-state index is 13.3. The number of carbonyl (C=O) groups is 1. The lowest BCUT2D eigenvalue weighted by Gasteiger charge is -2.29. The summed E-state index contributed by atoms with van der Waals surface area (Å²) in [5, 5.41) is 10.1. The largest absolute Gasteiger partial charge is 0.489 e. The molecule has 5 aromatic rings. The molecule has 0 unspecified atom stereocenters. The van der Waals surface area contributed by atoms with Gasteiger partial charge >= 0.3 is 5.97 Å². The molecule has 0 aliphatic carbocycles. The minimum Gasteiger partial charge on any atom is -0.489 e. The van der Waals surface area contributed by atoms with Crippen molar-refractivity contribution in [2.24, 2.45) is 0 Å². The fourth-order valence-electron chi connectivity index (χ4n) is 4.86. The molecule has 7 heteroatoms. The molecule has 0 bridgehead atoms. The summed E-state index contributed by atoms with van der Waals surface area (Å²) in [6.07, 6.45) is 1.48. The number of hydrogen-bond donors (Lipinski definition) is 1. The third-order valence-corrected chi connectivity index (χ3v) is 6.63. The Morgan fingerprint density at radius 1 is 0.921 bits per heavy atom. The van der Waals surface area contributed by atoms with Crippen LogP contribution in [0.1, 0.15) is 29.7 Å². The maximum Gasteiger partial charge on any atom is 0.338 e. The molecule has 7 nitrogen and oxygen atoms in total. The smallest absolute Gasteiger partial charge is 0.338 e. The van der Waals surface area contributed by atoms with Crippen LogP contribution in [0.15, 0.2) is 109 Å². The number of fused-ring (bicyclic) bond motifs is 2. The summed E-state index contributed by atoms with van der Waals surface area (Å²) in [6.45, 7) is 2.52. The lowest BCUT2D eigenvalue weighted by atomic mass is 9.93. The first kappa shape index (κ1) is 23.5. The number of ether oxygens (including phenoxy) is 2. The molecule has 0 spiro atoms. The van der Waals surface area contributed by atoms with Crippen LogP contribution < -0.4 is 10.1 Å². The van der Waals surface area contributed by atoms with Crippen LogP contribution >= 0.6 is 0 Å². The molecule has 4 aromatic carbocycles. The second-order valence-electron chi connectivity index (χ2n) is 8.93. The van der Waals surface area contributed by atoms with E-state index in [-0.39, 0.29) is 6.61 Å². The van der Waals surface area contributed by atoms with Gasteiger partial charge in [0.2, 0.25) is 5.95 Å². The van der Waals surface area contributed by atoms with Gasteiger partial charge in [-0.3, -0.25) is 0 Å². The number of hydrogen-bond acceptors (Lipinski definition) is 6. The first-order valence-corrected chi connectivity index (χ1v) is 12.6. The number of nitrogens with one attached hydrogen (secondary N) is 1. The van der Waals surface area contributed by atoms with E-state index in [4.69, 9.17) is 9.47 Å². The van der Waals surface area contributed by atoms with E-state index in [2.05, 4.69) is 39.7 Å². The predicted molar refractivity (Wildman–Crippen MR) is 147 cm³/mol. The molecule has 1 N–H and O–H groups in total. The molecule has 0 saturated heterocycles. The number of benzene rings is 4. The summed E-state index contributed by atoms with van der Waals surface area (Å²) < 4.78 is 13.4.